The quantitative estimate of drug-likeness (QED) is 0.469. The number of anilines is 2. The second kappa shape index (κ2) is 10.5. The van der Waals surface area contributed by atoms with Crippen LogP contribution in [0.2, 0.25) is 0 Å². The Morgan fingerprint density at radius 3 is 2.71 bits per heavy atom. The van der Waals surface area contributed by atoms with Gasteiger partial charge in [-0.2, -0.15) is 5.10 Å². The van der Waals surface area contributed by atoms with Gasteiger partial charge in [0.25, 0.3) is 0 Å². The van der Waals surface area contributed by atoms with Crippen LogP contribution >= 0.6 is 0 Å². The first-order valence-electron chi connectivity index (χ1n) is 12.5. The molecule has 2 N–H and O–H groups in total. The molecule has 0 aliphatic carbocycles. The molecular formula is C24H31FN6O6S. The number of β-amino-alcohol motifs (C(OH)–C–C–N with tert-alkyl or cyclic N) is 1. The van der Waals surface area contributed by atoms with E-state index >= 15 is 4.39 Å². The maximum Gasteiger partial charge on any atom is 0.414 e. The summed E-state index contributed by atoms with van der Waals surface area (Å²) in [5, 5.41) is 17.7. The number of halogens is 1. The smallest absolute Gasteiger partial charge is 0.414 e. The van der Waals surface area contributed by atoms with Crippen molar-refractivity contribution >= 4 is 33.2 Å². The molecule has 4 heterocycles. The lowest BCUT2D eigenvalue weighted by molar-refractivity contribution is -0.119. The highest BCUT2D eigenvalue weighted by atomic mass is 32.2. The molecule has 2 amide bonds. The molecule has 5 rings (SSSR count). The molecule has 38 heavy (non-hydrogen) atoms. The molecule has 14 heteroatoms. The van der Waals surface area contributed by atoms with Gasteiger partial charge in [-0.15, -0.1) is 0 Å². The molecule has 2 fully saturated rings. The zero-order chi connectivity index (χ0) is 27.0. The summed E-state index contributed by atoms with van der Waals surface area (Å²) < 4.78 is 45.2. The number of hydrogen-bond acceptors (Lipinski definition) is 9. The Morgan fingerprint density at radius 1 is 1.26 bits per heavy atom. The van der Waals surface area contributed by atoms with Gasteiger partial charge in [-0.3, -0.25) is 19.3 Å². The first-order valence-corrected chi connectivity index (χ1v) is 14.3. The van der Waals surface area contributed by atoms with Crippen LogP contribution in [0.25, 0.3) is 0 Å². The number of aliphatic hydroxyl groups is 1. The van der Waals surface area contributed by atoms with Crippen LogP contribution < -0.4 is 15.1 Å². The summed E-state index contributed by atoms with van der Waals surface area (Å²) in [6.45, 7) is 4.15. The van der Waals surface area contributed by atoms with Gasteiger partial charge in [0, 0.05) is 44.9 Å². The molecule has 0 bridgehead atoms. The molecule has 0 radical (unpaired) electrons. The third-order valence-corrected chi connectivity index (χ3v) is 8.58. The number of ether oxygens (including phenoxy) is 1. The first kappa shape index (κ1) is 26.4. The summed E-state index contributed by atoms with van der Waals surface area (Å²) in [7, 11) is -2.96. The van der Waals surface area contributed by atoms with Crippen LogP contribution in [0, 0.1) is 5.82 Å². The Hall–Kier alpha value is -3.23. The van der Waals surface area contributed by atoms with Crippen LogP contribution in [0.15, 0.2) is 24.4 Å². The molecule has 2 aromatic rings. The zero-order valence-electron chi connectivity index (χ0n) is 21.0. The van der Waals surface area contributed by atoms with E-state index in [2.05, 4.69) is 10.4 Å². The average molecular weight is 551 g/mol. The van der Waals surface area contributed by atoms with Gasteiger partial charge in [0.1, 0.15) is 11.9 Å². The number of rotatable bonds is 8. The van der Waals surface area contributed by atoms with E-state index in [1.807, 2.05) is 16.0 Å². The van der Waals surface area contributed by atoms with Crippen molar-refractivity contribution in [2.24, 2.45) is 0 Å². The van der Waals surface area contributed by atoms with Crippen molar-refractivity contribution in [2.45, 2.75) is 38.8 Å². The minimum absolute atomic E-state index is 0.115. The van der Waals surface area contributed by atoms with Crippen LogP contribution in [0.1, 0.15) is 18.2 Å². The number of nitrogens with zero attached hydrogens (tertiary/aromatic N) is 5. The van der Waals surface area contributed by atoms with Gasteiger partial charge in [-0.1, -0.05) is 0 Å². The molecule has 206 valence electrons. The van der Waals surface area contributed by atoms with Gasteiger partial charge in [0.2, 0.25) is 5.91 Å². The molecule has 12 nitrogen and oxygen atoms in total. The first-order chi connectivity index (χ1) is 18.1. The van der Waals surface area contributed by atoms with Crippen LogP contribution in [-0.4, -0.2) is 96.6 Å². The summed E-state index contributed by atoms with van der Waals surface area (Å²) in [6.07, 6.45) is 0.0675. The Bertz CT molecular complexity index is 1300. The van der Waals surface area contributed by atoms with Crippen molar-refractivity contribution in [3.8, 4) is 0 Å². The topological polar surface area (TPSA) is 137 Å². The molecule has 3 aliphatic rings. The number of aromatic nitrogens is 2. The van der Waals surface area contributed by atoms with Gasteiger partial charge in [-0.25, -0.2) is 17.6 Å². The Morgan fingerprint density at radius 2 is 2.03 bits per heavy atom. The van der Waals surface area contributed by atoms with E-state index < -0.39 is 34.0 Å². The number of nitrogens with one attached hydrogen (secondary N) is 1. The predicted octanol–water partition coefficient (Wildman–Crippen LogP) is 0.0950. The third-order valence-electron chi connectivity index (χ3n) is 6.97. The number of amides is 2. The summed E-state index contributed by atoms with van der Waals surface area (Å²) in [5.41, 5.74) is 2.51. The monoisotopic (exact) mass is 550 g/mol. The number of carbonyl (C=O) groups is 2. The average Bonchev–Trinajstić information content (AvgIpc) is 3.52. The second-order valence-electron chi connectivity index (χ2n) is 9.97. The van der Waals surface area contributed by atoms with Crippen molar-refractivity contribution < 1.29 is 32.2 Å². The molecule has 2 saturated heterocycles. The number of sulfone groups is 1. The molecule has 3 aliphatic heterocycles. The Balaban J connectivity index is 1.16. The molecule has 0 unspecified atom stereocenters. The minimum atomic E-state index is -2.96. The fraction of sp³-hybridized carbons (Fsp3) is 0.542. The van der Waals surface area contributed by atoms with E-state index in [0.717, 1.165) is 11.3 Å². The second-order valence-corrected chi connectivity index (χ2v) is 12.3. The molecule has 1 aromatic carbocycles. The molecule has 0 saturated carbocycles. The van der Waals surface area contributed by atoms with E-state index in [9.17, 15) is 23.1 Å². The van der Waals surface area contributed by atoms with Crippen molar-refractivity contribution in [2.75, 3.05) is 54.0 Å². The zero-order valence-corrected chi connectivity index (χ0v) is 21.9. The van der Waals surface area contributed by atoms with Crippen molar-refractivity contribution in [3.05, 3.63) is 41.5 Å². The maximum absolute atomic E-state index is 15.1. The van der Waals surface area contributed by atoms with Crippen LogP contribution in [0.3, 0.4) is 0 Å². The molecule has 0 spiro atoms. The van der Waals surface area contributed by atoms with Crippen LogP contribution in [-0.2, 0) is 39.0 Å². The minimum Gasteiger partial charge on any atom is -0.442 e. The summed E-state index contributed by atoms with van der Waals surface area (Å²) >= 11 is 0. The van der Waals surface area contributed by atoms with Crippen molar-refractivity contribution in [1.29, 1.82) is 0 Å². The van der Waals surface area contributed by atoms with E-state index in [4.69, 9.17) is 4.74 Å². The lowest BCUT2D eigenvalue weighted by Crippen LogP contribution is -2.44. The van der Waals surface area contributed by atoms with Crippen molar-refractivity contribution in [1.82, 2.24) is 20.0 Å². The van der Waals surface area contributed by atoms with E-state index in [1.165, 1.54) is 17.9 Å². The van der Waals surface area contributed by atoms with Gasteiger partial charge >= 0.3 is 6.09 Å². The van der Waals surface area contributed by atoms with E-state index in [-0.39, 0.29) is 37.0 Å². The highest BCUT2D eigenvalue weighted by Gasteiger charge is 2.33. The molecule has 1 aromatic heterocycles. The summed E-state index contributed by atoms with van der Waals surface area (Å²) in [4.78, 5) is 28.5. The fourth-order valence-corrected chi connectivity index (χ4v) is 6.27. The molecular weight excluding hydrogens is 519 g/mol. The normalized spacial score (nSPS) is 21.9. The lowest BCUT2D eigenvalue weighted by Gasteiger charge is -2.28. The largest absolute Gasteiger partial charge is 0.442 e. The van der Waals surface area contributed by atoms with Crippen LogP contribution in [0.4, 0.5) is 20.6 Å². The Labute approximate surface area is 219 Å². The Kier molecular flexibility index (Phi) is 7.29. The SMILES string of the molecule is CC(=O)NC[C@H]1CN(c2ccc(N3Cc4cn(C[C@H](O)CN5CCS(=O)(=O)CC5)nc4C3)c(F)c2)C(=O)O1. The highest BCUT2D eigenvalue weighted by molar-refractivity contribution is 7.91. The van der Waals surface area contributed by atoms with Crippen LogP contribution in [0.5, 0.6) is 0 Å². The standard InChI is InChI=1S/C24H31FN6O6S/c1-16(32)26-9-20-14-31(24(34)37-20)18-2-3-23(21(25)8-18)29-10-17-11-30(27-22(17)15-29)13-19(33)12-28-4-6-38(35,36)7-5-28/h2-3,8,11,19-20,33H,4-7,9-10,12-15H2,1H3,(H,26,32)/t19-,20+/m1/s1. The maximum atomic E-state index is 15.1. The summed E-state index contributed by atoms with van der Waals surface area (Å²) in [6, 6.07) is 4.59. The lowest BCUT2D eigenvalue weighted by atomic mass is 10.2. The van der Waals surface area contributed by atoms with E-state index in [1.54, 1.807) is 16.8 Å². The summed E-state index contributed by atoms with van der Waals surface area (Å²) in [5.74, 6) is -0.465. The van der Waals surface area contributed by atoms with Gasteiger partial charge in [-0.05, 0) is 18.2 Å². The highest BCUT2D eigenvalue weighted by Crippen LogP contribution is 2.32. The predicted molar refractivity (Wildman–Crippen MR) is 136 cm³/mol. The number of benzene rings is 1. The number of hydrogen-bond donors (Lipinski definition) is 2. The fourth-order valence-electron chi connectivity index (χ4n) is 4.99. The number of carbonyl (C=O) groups excluding carboxylic acids is 2. The number of fused-ring (bicyclic) bond motifs is 1. The van der Waals surface area contributed by atoms with E-state index in [0.29, 0.717) is 44.1 Å². The van der Waals surface area contributed by atoms with Crippen molar-refractivity contribution in [3.63, 3.8) is 0 Å². The van der Waals surface area contributed by atoms with Gasteiger partial charge < -0.3 is 20.1 Å². The third kappa shape index (κ3) is 5.92. The van der Waals surface area contributed by atoms with Gasteiger partial charge in [0.15, 0.2) is 9.84 Å². The van der Waals surface area contributed by atoms with Gasteiger partial charge in [0.05, 0.1) is 60.9 Å². The number of cyclic esters (lactones) is 1. The molecule has 2 atom stereocenters. The number of aliphatic hydroxyl groups excluding tert-OH is 1.